The predicted molar refractivity (Wildman–Crippen MR) is 76.7 cm³/mol. The molecule has 0 saturated carbocycles. The molecule has 0 saturated heterocycles. The van der Waals surface area contributed by atoms with Crippen LogP contribution in [0.5, 0.6) is 0 Å². The first-order valence-electron chi connectivity index (χ1n) is 7.62. The summed E-state index contributed by atoms with van der Waals surface area (Å²) >= 11 is 0. The lowest BCUT2D eigenvalue weighted by Crippen LogP contribution is -2.25. The molecular formula is C15H31NO2. The fourth-order valence-electron chi connectivity index (χ4n) is 1.96. The monoisotopic (exact) mass is 257 g/mol. The first kappa shape index (κ1) is 17.4. The molecule has 108 valence electrons. The van der Waals surface area contributed by atoms with Crippen LogP contribution in [0.4, 0.5) is 0 Å². The van der Waals surface area contributed by atoms with Gasteiger partial charge in [0.1, 0.15) is 0 Å². The second kappa shape index (κ2) is 12.9. The van der Waals surface area contributed by atoms with Gasteiger partial charge in [-0.25, -0.2) is 0 Å². The zero-order valence-corrected chi connectivity index (χ0v) is 12.5. The number of nitrogens with zero attached hydrogens (tertiary/aromatic N) is 1. The van der Waals surface area contributed by atoms with Gasteiger partial charge in [-0.1, -0.05) is 46.5 Å². The summed E-state index contributed by atoms with van der Waals surface area (Å²) < 4.78 is 5.22. The van der Waals surface area contributed by atoms with Crippen molar-refractivity contribution >= 4 is 5.97 Å². The van der Waals surface area contributed by atoms with E-state index in [0.717, 1.165) is 38.9 Å². The van der Waals surface area contributed by atoms with Gasteiger partial charge in [0.25, 0.3) is 0 Å². The minimum atomic E-state index is -0.0222. The average Bonchev–Trinajstić information content (AvgIpc) is 2.39. The number of carbonyl (C=O) groups is 1. The maximum Gasteiger partial charge on any atom is 0.305 e. The second-order valence-corrected chi connectivity index (χ2v) is 4.77. The summed E-state index contributed by atoms with van der Waals surface area (Å²) in [5.41, 5.74) is 0. The van der Waals surface area contributed by atoms with Gasteiger partial charge in [-0.05, 0) is 25.9 Å². The van der Waals surface area contributed by atoms with Crippen molar-refractivity contribution in [1.82, 2.24) is 4.90 Å². The molecule has 0 atom stereocenters. The molecule has 0 N–H and O–H groups in total. The summed E-state index contributed by atoms with van der Waals surface area (Å²) in [7, 11) is 0. The minimum Gasteiger partial charge on any atom is -0.466 e. The molecule has 0 aliphatic carbocycles. The van der Waals surface area contributed by atoms with Gasteiger partial charge in [-0.15, -0.1) is 0 Å². The molecule has 3 heteroatoms. The molecule has 0 bridgehead atoms. The molecule has 0 radical (unpaired) electrons. The quantitative estimate of drug-likeness (QED) is 0.395. The molecule has 0 aliphatic heterocycles. The van der Waals surface area contributed by atoms with Crippen molar-refractivity contribution in [1.29, 1.82) is 0 Å². The first-order valence-corrected chi connectivity index (χ1v) is 7.62. The number of ether oxygens (including phenoxy) is 1. The Kier molecular flexibility index (Phi) is 12.5. The fraction of sp³-hybridized carbons (Fsp3) is 0.933. The number of hydrogen-bond donors (Lipinski definition) is 0. The maximum absolute atomic E-state index is 11.4. The number of carbonyl (C=O) groups excluding carboxylic acids is 1. The number of esters is 1. The Balaban J connectivity index is 3.31. The van der Waals surface area contributed by atoms with E-state index < -0.39 is 0 Å². The fourth-order valence-corrected chi connectivity index (χ4v) is 1.96. The van der Waals surface area contributed by atoms with Gasteiger partial charge in [0.2, 0.25) is 0 Å². The maximum atomic E-state index is 11.4. The molecule has 0 aromatic heterocycles. The average molecular weight is 257 g/mol. The van der Waals surface area contributed by atoms with Crippen molar-refractivity contribution in [2.75, 3.05) is 26.2 Å². The van der Waals surface area contributed by atoms with Gasteiger partial charge >= 0.3 is 5.97 Å². The lowest BCUT2D eigenvalue weighted by atomic mass is 10.1. The van der Waals surface area contributed by atoms with Gasteiger partial charge < -0.3 is 9.64 Å². The third-order valence-electron chi connectivity index (χ3n) is 3.26. The molecule has 18 heavy (non-hydrogen) atoms. The summed E-state index contributed by atoms with van der Waals surface area (Å²) in [5, 5.41) is 0. The summed E-state index contributed by atoms with van der Waals surface area (Å²) in [6.07, 6.45) is 7.44. The Morgan fingerprint density at radius 1 is 0.944 bits per heavy atom. The summed E-state index contributed by atoms with van der Waals surface area (Å²) in [4.78, 5) is 13.8. The van der Waals surface area contributed by atoms with Crippen molar-refractivity contribution in [3.63, 3.8) is 0 Å². The van der Waals surface area contributed by atoms with E-state index in [9.17, 15) is 4.79 Å². The van der Waals surface area contributed by atoms with Crippen LogP contribution in [0, 0.1) is 0 Å². The smallest absolute Gasteiger partial charge is 0.305 e. The highest BCUT2D eigenvalue weighted by Gasteiger charge is 2.03. The van der Waals surface area contributed by atoms with Crippen LogP contribution in [0.2, 0.25) is 0 Å². The topological polar surface area (TPSA) is 29.5 Å². The predicted octanol–water partition coefficient (Wildman–Crippen LogP) is 3.62. The molecule has 0 unspecified atom stereocenters. The van der Waals surface area contributed by atoms with Gasteiger partial charge in [0.05, 0.1) is 6.61 Å². The molecule has 0 fully saturated rings. The highest BCUT2D eigenvalue weighted by atomic mass is 16.5. The summed E-state index contributed by atoms with van der Waals surface area (Å²) in [5.74, 6) is -0.0222. The van der Waals surface area contributed by atoms with Crippen LogP contribution in [0.15, 0.2) is 0 Å². The molecule has 3 nitrogen and oxygen atoms in total. The number of hydrogen-bond acceptors (Lipinski definition) is 3. The highest BCUT2D eigenvalue weighted by molar-refractivity contribution is 5.69. The Hall–Kier alpha value is -0.570. The molecule has 0 aliphatic rings. The molecule has 0 aromatic carbocycles. The van der Waals surface area contributed by atoms with Gasteiger partial charge in [0, 0.05) is 13.0 Å². The second-order valence-electron chi connectivity index (χ2n) is 4.77. The van der Waals surface area contributed by atoms with Crippen LogP contribution in [-0.4, -0.2) is 37.1 Å². The van der Waals surface area contributed by atoms with E-state index in [-0.39, 0.29) is 5.97 Å². The van der Waals surface area contributed by atoms with Gasteiger partial charge in [-0.2, -0.15) is 0 Å². The van der Waals surface area contributed by atoms with Gasteiger partial charge in [0.15, 0.2) is 0 Å². The van der Waals surface area contributed by atoms with E-state index in [4.69, 9.17) is 4.74 Å². The minimum absolute atomic E-state index is 0.0222. The third-order valence-corrected chi connectivity index (χ3v) is 3.26. The van der Waals surface area contributed by atoms with Crippen LogP contribution in [0.1, 0.15) is 65.7 Å². The van der Waals surface area contributed by atoms with Crippen LogP contribution < -0.4 is 0 Å². The SMILES string of the molecule is CCCCCCCC(=O)OCCCN(CC)CC. The lowest BCUT2D eigenvalue weighted by Gasteiger charge is -2.17. The van der Waals surface area contributed by atoms with E-state index in [1.807, 2.05) is 0 Å². The highest BCUT2D eigenvalue weighted by Crippen LogP contribution is 2.05. The van der Waals surface area contributed by atoms with Gasteiger partial charge in [-0.3, -0.25) is 4.79 Å². The Morgan fingerprint density at radius 2 is 1.61 bits per heavy atom. The molecule has 0 spiro atoms. The summed E-state index contributed by atoms with van der Waals surface area (Å²) in [6, 6.07) is 0. The Labute approximate surface area is 113 Å². The largest absolute Gasteiger partial charge is 0.466 e. The molecule has 0 heterocycles. The first-order chi connectivity index (χ1) is 8.74. The summed E-state index contributed by atoms with van der Waals surface area (Å²) in [6.45, 7) is 10.3. The van der Waals surface area contributed by atoms with E-state index >= 15 is 0 Å². The van der Waals surface area contributed by atoms with Crippen molar-refractivity contribution in [3.8, 4) is 0 Å². The van der Waals surface area contributed by atoms with Crippen molar-refractivity contribution in [2.24, 2.45) is 0 Å². The zero-order chi connectivity index (χ0) is 13.6. The molecule has 0 rings (SSSR count). The lowest BCUT2D eigenvalue weighted by molar-refractivity contribution is -0.143. The van der Waals surface area contributed by atoms with Crippen molar-refractivity contribution < 1.29 is 9.53 Å². The Morgan fingerprint density at radius 3 is 2.22 bits per heavy atom. The van der Waals surface area contributed by atoms with E-state index in [0.29, 0.717) is 13.0 Å². The number of unbranched alkanes of at least 4 members (excludes halogenated alkanes) is 4. The number of rotatable bonds is 12. The van der Waals surface area contributed by atoms with Crippen LogP contribution in [0.25, 0.3) is 0 Å². The van der Waals surface area contributed by atoms with E-state index in [1.54, 1.807) is 0 Å². The van der Waals surface area contributed by atoms with Crippen molar-refractivity contribution in [2.45, 2.75) is 65.7 Å². The molecule has 0 amide bonds. The van der Waals surface area contributed by atoms with Crippen LogP contribution >= 0.6 is 0 Å². The zero-order valence-electron chi connectivity index (χ0n) is 12.5. The molecule has 0 aromatic rings. The third kappa shape index (κ3) is 10.6. The van der Waals surface area contributed by atoms with Crippen LogP contribution in [-0.2, 0) is 9.53 Å². The van der Waals surface area contributed by atoms with Crippen molar-refractivity contribution in [3.05, 3.63) is 0 Å². The Bertz CT molecular complexity index is 191. The standard InChI is InChI=1S/C15H31NO2/c1-4-7-8-9-10-12-15(17)18-14-11-13-16(5-2)6-3/h4-14H2,1-3H3. The molecular weight excluding hydrogens is 226 g/mol. The van der Waals surface area contributed by atoms with E-state index in [2.05, 4.69) is 25.7 Å². The normalized spacial score (nSPS) is 10.9. The van der Waals surface area contributed by atoms with Crippen LogP contribution in [0.3, 0.4) is 0 Å². The van der Waals surface area contributed by atoms with E-state index in [1.165, 1.54) is 19.3 Å².